The molecule has 4 aromatic rings. The molecule has 3 aromatic carbocycles. The minimum Gasteiger partial charge on any atom is -0.440 e. The molecule has 4 nitrogen and oxygen atoms in total. The molecule has 1 unspecified atom stereocenters. The first-order valence-electron chi connectivity index (χ1n) is 10.4. The lowest BCUT2D eigenvalue weighted by Crippen LogP contribution is -2.27. The van der Waals surface area contributed by atoms with E-state index in [0.29, 0.717) is 17.3 Å². The number of nitrogens with one attached hydrogen (secondary N) is 1. The Morgan fingerprint density at radius 3 is 2.31 bits per heavy atom. The molecule has 1 amide bonds. The van der Waals surface area contributed by atoms with Crippen molar-refractivity contribution in [2.45, 2.75) is 25.8 Å². The van der Waals surface area contributed by atoms with Crippen LogP contribution < -0.4 is 5.32 Å². The highest BCUT2D eigenvalue weighted by Crippen LogP contribution is 2.32. The van der Waals surface area contributed by atoms with E-state index in [-0.39, 0.29) is 24.3 Å². The Morgan fingerprint density at radius 2 is 1.62 bits per heavy atom. The van der Waals surface area contributed by atoms with Crippen molar-refractivity contribution in [2.75, 3.05) is 0 Å². The van der Waals surface area contributed by atoms with E-state index in [1.807, 2.05) is 60.7 Å². The second kappa shape index (κ2) is 9.56. The van der Waals surface area contributed by atoms with E-state index in [9.17, 15) is 13.6 Å². The SMILES string of the molecule is CC(NC(=O)CCc1nc(-c2ccccc2)c(-c2ccccc2)o1)c1cc(F)ccc1F. The summed E-state index contributed by atoms with van der Waals surface area (Å²) in [6.45, 7) is 1.61. The Balaban J connectivity index is 1.49. The number of aryl methyl sites for hydroxylation is 1. The molecule has 0 radical (unpaired) electrons. The smallest absolute Gasteiger partial charge is 0.220 e. The van der Waals surface area contributed by atoms with Crippen molar-refractivity contribution in [1.29, 1.82) is 0 Å². The molecule has 1 atom stereocenters. The van der Waals surface area contributed by atoms with Gasteiger partial charge in [-0.2, -0.15) is 0 Å². The lowest BCUT2D eigenvalue weighted by molar-refractivity contribution is -0.121. The summed E-state index contributed by atoms with van der Waals surface area (Å²) < 4.78 is 33.4. The number of nitrogens with zero attached hydrogens (tertiary/aromatic N) is 1. The highest BCUT2D eigenvalue weighted by Gasteiger charge is 2.19. The van der Waals surface area contributed by atoms with E-state index >= 15 is 0 Å². The quantitative estimate of drug-likeness (QED) is 0.384. The third kappa shape index (κ3) is 4.91. The average molecular weight is 432 g/mol. The standard InChI is InChI=1S/C26H22F2N2O2/c1-17(21-16-20(27)12-13-22(21)28)29-23(31)14-15-24-30-25(18-8-4-2-5-9-18)26(32-24)19-10-6-3-7-11-19/h2-13,16-17H,14-15H2,1H3,(H,29,31). The van der Waals surface area contributed by atoms with Crippen LogP contribution in [0.2, 0.25) is 0 Å². The fourth-order valence-corrected chi connectivity index (χ4v) is 3.51. The van der Waals surface area contributed by atoms with Crippen molar-refractivity contribution in [3.8, 4) is 22.6 Å². The number of carbonyl (C=O) groups excluding carboxylic acids is 1. The summed E-state index contributed by atoms with van der Waals surface area (Å²) >= 11 is 0. The normalized spacial score (nSPS) is 11.8. The van der Waals surface area contributed by atoms with Crippen LogP contribution in [0.15, 0.2) is 83.3 Å². The number of oxazole rings is 1. The molecule has 162 valence electrons. The zero-order valence-electron chi connectivity index (χ0n) is 17.5. The minimum absolute atomic E-state index is 0.101. The van der Waals surface area contributed by atoms with Gasteiger partial charge in [-0.25, -0.2) is 13.8 Å². The topological polar surface area (TPSA) is 55.1 Å². The molecule has 0 saturated heterocycles. The highest BCUT2D eigenvalue weighted by molar-refractivity contribution is 5.78. The molecular formula is C26H22F2N2O2. The van der Waals surface area contributed by atoms with E-state index in [0.717, 1.165) is 29.3 Å². The third-order valence-corrected chi connectivity index (χ3v) is 5.12. The van der Waals surface area contributed by atoms with E-state index in [4.69, 9.17) is 4.42 Å². The Kier molecular flexibility index (Phi) is 6.40. The van der Waals surface area contributed by atoms with Crippen LogP contribution in [0.4, 0.5) is 8.78 Å². The third-order valence-electron chi connectivity index (χ3n) is 5.12. The fraction of sp³-hybridized carbons (Fsp3) is 0.154. The van der Waals surface area contributed by atoms with E-state index in [2.05, 4.69) is 10.3 Å². The first-order chi connectivity index (χ1) is 15.5. The minimum atomic E-state index is -0.664. The van der Waals surface area contributed by atoms with Crippen LogP contribution >= 0.6 is 0 Å². The number of hydrogen-bond donors (Lipinski definition) is 1. The molecule has 0 fully saturated rings. The molecule has 1 N–H and O–H groups in total. The summed E-state index contributed by atoms with van der Waals surface area (Å²) in [6, 6.07) is 21.9. The molecule has 0 aliphatic carbocycles. The Hall–Kier alpha value is -3.80. The molecule has 0 saturated carbocycles. The van der Waals surface area contributed by atoms with Gasteiger partial charge in [0.25, 0.3) is 0 Å². The zero-order chi connectivity index (χ0) is 22.5. The van der Waals surface area contributed by atoms with Gasteiger partial charge in [0.15, 0.2) is 11.7 Å². The molecule has 1 heterocycles. The molecule has 0 bridgehead atoms. The molecule has 0 aliphatic rings. The maximum absolute atomic E-state index is 13.9. The maximum atomic E-state index is 13.9. The van der Waals surface area contributed by atoms with Gasteiger partial charge < -0.3 is 9.73 Å². The Morgan fingerprint density at radius 1 is 0.969 bits per heavy atom. The zero-order valence-corrected chi connectivity index (χ0v) is 17.5. The van der Waals surface area contributed by atoms with Crippen LogP contribution in [0, 0.1) is 11.6 Å². The summed E-state index contributed by atoms with van der Waals surface area (Å²) in [5.41, 5.74) is 2.63. The van der Waals surface area contributed by atoms with E-state index < -0.39 is 17.7 Å². The summed E-state index contributed by atoms with van der Waals surface area (Å²) in [5.74, 6) is -0.345. The van der Waals surface area contributed by atoms with Crippen molar-refractivity contribution < 1.29 is 18.0 Å². The molecule has 6 heteroatoms. The largest absolute Gasteiger partial charge is 0.440 e. The fourth-order valence-electron chi connectivity index (χ4n) is 3.51. The van der Waals surface area contributed by atoms with Crippen molar-refractivity contribution in [3.63, 3.8) is 0 Å². The number of halogens is 2. The number of carbonyl (C=O) groups is 1. The molecule has 0 aliphatic heterocycles. The van der Waals surface area contributed by atoms with Crippen LogP contribution in [0.25, 0.3) is 22.6 Å². The van der Waals surface area contributed by atoms with Gasteiger partial charge in [-0.3, -0.25) is 4.79 Å². The van der Waals surface area contributed by atoms with Crippen LogP contribution in [0.5, 0.6) is 0 Å². The predicted molar refractivity (Wildman–Crippen MR) is 119 cm³/mol. The predicted octanol–water partition coefficient (Wildman–Crippen LogP) is 6.10. The van der Waals surface area contributed by atoms with Gasteiger partial charge >= 0.3 is 0 Å². The first kappa shape index (κ1) is 21.4. The van der Waals surface area contributed by atoms with Crippen molar-refractivity contribution in [3.05, 3.63) is 102 Å². The van der Waals surface area contributed by atoms with Gasteiger partial charge in [0.05, 0.1) is 6.04 Å². The molecule has 1 aromatic heterocycles. The average Bonchev–Trinajstić information content (AvgIpc) is 3.25. The molecule has 0 spiro atoms. The number of amides is 1. The maximum Gasteiger partial charge on any atom is 0.220 e. The Labute approximate surface area is 184 Å². The number of benzene rings is 3. The van der Waals surface area contributed by atoms with Crippen LogP contribution in [-0.2, 0) is 11.2 Å². The summed E-state index contributed by atoms with van der Waals surface area (Å²) in [4.78, 5) is 17.1. The van der Waals surface area contributed by atoms with Crippen molar-refractivity contribution in [2.24, 2.45) is 0 Å². The number of rotatable bonds is 7. The van der Waals surface area contributed by atoms with Gasteiger partial charge in [-0.05, 0) is 25.1 Å². The van der Waals surface area contributed by atoms with Crippen molar-refractivity contribution in [1.82, 2.24) is 10.3 Å². The molecule has 4 rings (SSSR count). The lowest BCUT2D eigenvalue weighted by Gasteiger charge is -2.15. The number of hydrogen-bond acceptors (Lipinski definition) is 3. The Bertz CT molecular complexity index is 1150. The van der Waals surface area contributed by atoms with Crippen LogP contribution in [0.3, 0.4) is 0 Å². The summed E-state index contributed by atoms with van der Waals surface area (Å²) in [6.07, 6.45) is 0.376. The lowest BCUT2D eigenvalue weighted by atomic mass is 10.1. The molecule has 32 heavy (non-hydrogen) atoms. The van der Waals surface area contributed by atoms with Gasteiger partial charge in [-0.1, -0.05) is 60.7 Å². The van der Waals surface area contributed by atoms with Crippen molar-refractivity contribution >= 4 is 5.91 Å². The summed E-state index contributed by atoms with van der Waals surface area (Å²) in [5, 5.41) is 2.70. The van der Waals surface area contributed by atoms with Gasteiger partial charge in [-0.15, -0.1) is 0 Å². The van der Waals surface area contributed by atoms with Gasteiger partial charge in [0.2, 0.25) is 5.91 Å². The van der Waals surface area contributed by atoms with Gasteiger partial charge in [0, 0.05) is 29.5 Å². The van der Waals surface area contributed by atoms with Crippen LogP contribution in [0.1, 0.15) is 30.8 Å². The highest BCUT2D eigenvalue weighted by atomic mass is 19.1. The first-order valence-corrected chi connectivity index (χ1v) is 10.4. The van der Waals surface area contributed by atoms with Gasteiger partial charge in [0.1, 0.15) is 17.3 Å². The number of aromatic nitrogens is 1. The van der Waals surface area contributed by atoms with Crippen LogP contribution in [-0.4, -0.2) is 10.9 Å². The molecular weight excluding hydrogens is 410 g/mol. The second-order valence-corrected chi connectivity index (χ2v) is 7.47. The van der Waals surface area contributed by atoms with E-state index in [1.165, 1.54) is 0 Å². The monoisotopic (exact) mass is 432 g/mol. The van der Waals surface area contributed by atoms with E-state index in [1.54, 1.807) is 6.92 Å². The summed E-state index contributed by atoms with van der Waals surface area (Å²) in [7, 11) is 0. The second-order valence-electron chi connectivity index (χ2n) is 7.47.